The molecule has 8 bridgehead atoms. The van der Waals surface area contributed by atoms with E-state index in [9.17, 15) is 0 Å². The van der Waals surface area contributed by atoms with Gasteiger partial charge in [0.05, 0.1) is 90.7 Å². The summed E-state index contributed by atoms with van der Waals surface area (Å²) in [5.41, 5.74) is 1.93. The van der Waals surface area contributed by atoms with Crippen LogP contribution >= 0.6 is 207 Å². The second kappa shape index (κ2) is 14.7. The van der Waals surface area contributed by atoms with Crippen molar-refractivity contribution in [3.8, 4) is 45.6 Å². The summed E-state index contributed by atoms with van der Waals surface area (Å²) in [4.78, 5) is 35.9. The molecule has 56 heavy (non-hydrogen) atoms. The van der Waals surface area contributed by atoms with E-state index in [-0.39, 0.29) is 107 Å². The first kappa shape index (κ1) is 41.2. The highest BCUT2D eigenvalue weighted by Crippen LogP contribution is 2.54. The van der Waals surface area contributed by atoms with Gasteiger partial charge in [-0.3, -0.25) is 0 Å². The van der Waals surface area contributed by atoms with Crippen molar-refractivity contribution in [2.45, 2.75) is 0 Å². The fraction of sp³-hybridized carbons (Fsp3) is 0. The van der Waals surface area contributed by atoms with Crippen LogP contribution in [0.5, 0.6) is 0 Å². The van der Waals surface area contributed by atoms with E-state index in [0.29, 0.717) is 60.6 Å². The van der Waals surface area contributed by atoms with Gasteiger partial charge in [-0.2, -0.15) is 0 Å². The van der Waals surface area contributed by atoms with Gasteiger partial charge in [0, 0.05) is 30.7 Å². The number of nitrogens with one attached hydrogen (secondary N) is 2. The molecule has 4 aromatic carbocycles. The molecule has 0 spiro atoms. The van der Waals surface area contributed by atoms with Gasteiger partial charge in [-0.15, -0.1) is 0 Å². The lowest BCUT2D eigenvalue weighted by atomic mass is 10.1. The minimum atomic E-state index is 0.0457. The molecule has 8 nitrogen and oxygen atoms in total. The Morgan fingerprint density at radius 3 is 1.14 bits per heavy atom. The monoisotopic (exact) mass is 1280 g/mol. The molecule has 24 heteroatoms. The summed E-state index contributed by atoms with van der Waals surface area (Å²) in [6.45, 7) is 0. The van der Waals surface area contributed by atoms with Crippen LogP contribution < -0.4 is 0 Å². The zero-order valence-corrected chi connectivity index (χ0v) is 42.0. The van der Waals surface area contributed by atoms with Gasteiger partial charge in [0.1, 0.15) is 22.6 Å². The number of H-pyrrole nitrogens is 2. The van der Waals surface area contributed by atoms with Crippen molar-refractivity contribution in [1.82, 2.24) is 39.9 Å². The van der Waals surface area contributed by atoms with E-state index in [2.05, 4.69) is 89.6 Å². The topological polar surface area (TPSA) is 109 Å². The minimum absolute atomic E-state index is 0.0457. The Bertz CT molecular complexity index is 2830. The van der Waals surface area contributed by atoms with Crippen LogP contribution in [0, 0.1) is 0 Å². The number of fused-ring (bicyclic) bond motifs is 20. The van der Waals surface area contributed by atoms with Crippen LogP contribution in [0.15, 0.2) is 22.4 Å². The number of halogens is 16. The van der Waals surface area contributed by atoms with E-state index in [4.69, 9.17) is 158 Å². The quantitative estimate of drug-likeness (QED) is 0.116. The van der Waals surface area contributed by atoms with Crippen LogP contribution in [0.1, 0.15) is 0 Å². The van der Waals surface area contributed by atoms with E-state index in [1.807, 2.05) is 0 Å². The molecule has 0 unspecified atom stereocenters. The van der Waals surface area contributed by atoms with Crippen molar-refractivity contribution in [3.63, 3.8) is 0 Å². The highest BCUT2D eigenvalue weighted by atomic mass is 79.9. The normalized spacial score (nSPS) is 12.3. The predicted molar refractivity (Wildman–Crippen MR) is 250 cm³/mol. The molecule has 0 saturated carbocycles. The predicted octanol–water partition coefficient (Wildman–Crippen LogP) is 17.9. The largest absolute Gasteiger partial charge is 0.324 e. The number of aromatic nitrogens is 8. The molecule has 2 N–H and O–H groups in total. The molecule has 0 saturated heterocycles. The van der Waals surface area contributed by atoms with Crippen LogP contribution in [0.2, 0.25) is 55.2 Å². The molecule has 3 aromatic heterocycles. The first-order valence-corrected chi connectivity index (χ1v) is 22.8. The van der Waals surface area contributed by atoms with Crippen LogP contribution in [0.25, 0.3) is 89.7 Å². The third-order valence-corrected chi connectivity index (χ3v) is 19.0. The number of rotatable bonds is 0. The van der Waals surface area contributed by atoms with Crippen molar-refractivity contribution in [1.29, 1.82) is 0 Å². The Labute approximate surface area is 409 Å². The number of benzene rings is 4. The first-order valence-electron chi connectivity index (χ1n) is 14.7. The Morgan fingerprint density at radius 2 is 0.607 bits per heavy atom. The molecule has 0 amide bonds. The highest BCUT2D eigenvalue weighted by molar-refractivity contribution is 9.11. The van der Waals surface area contributed by atoms with Gasteiger partial charge in [-0.25, -0.2) is 29.9 Å². The highest BCUT2D eigenvalue weighted by Gasteiger charge is 2.33. The zero-order valence-electron chi connectivity index (χ0n) is 25.7. The van der Waals surface area contributed by atoms with E-state index in [1.165, 1.54) is 0 Å². The van der Waals surface area contributed by atoms with Crippen LogP contribution in [0.3, 0.4) is 0 Å². The van der Waals surface area contributed by atoms with Gasteiger partial charge in [0.25, 0.3) is 0 Å². The van der Waals surface area contributed by atoms with Crippen LogP contribution in [-0.2, 0) is 0 Å². The molecule has 0 radical (unpaired) electrons. The Kier molecular flexibility index (Phi) is 10.8. The average Bonchev–Trinajstić information content (AvgIpc) is 3.92. The summed E-state index contributed by atoms with van der Waals surface area (Å²) in [6.07, 6.45) is 0. The summed E-state index contributed by atoms with van der Waals surface area (Å²) in [6, 6.07) is 0. The molecule has 282 valence electrons. The second-order valence-corrected chi connectivity index (χ2v) is 19.8. The van der Waals surface area contributed by atoms with Gasteiger partial charge in [-0.1, -0.05) is 128 Å². The van der Waals surface area contributed by atoms with Gasteiger partial charge in [0.2, 0.25) is 0 Å². The summed E-state index contributed by atoms with van der Waals surface area (Å²) >= 11 is 92.8. The van der Waals surface area contributed by atoms with E-state index in [1.54, 1.807) is 0 Å². The molecule has 2 aliphatic rings. The van der Waals surface area contributed by atoms with Crippen molar-refractivity contribution >= 4 is 251 Å². The maximum Gasteiger partial charge on any atom is 0.166 e. The van der Waals surface area contributed by atoms with Gasteiger partial charge in [0.15, 0.2) is 23.3 Å². The standard InChI is InChI=1S/C32H2Br5Cl11N8/c33-9-1-3(14(38)11(35)20(9)44)27-49-25(1)52-31-7-6(16(40)13(37)22(46)17(7)41)30(55-31)56-32-8-5(15(39)12(36)23(47)18(8)42)29(54-32)51-26-2-4(28(50-26)53-27)19(43)24(48)21(45)10(2)34/h(H2,49,50,51,52,53,54,55,56). The fourth-order valence-electron chi connectivity index (χ4n) is 6.24. The van der Waals surface area contributed by atoms with Crippen LogP contribution in [-0.4, -0.2) is 39.9 Å². The third kappa shape index (κ3) is 5.88. The number of hydrogen-bond acceptors (Lipinski definition) is 6. The lowest BCUT2D eigenvalue weighted by Gasteiger charge is -2.10. The van der Waals surface area contributed by atoms with Gasteiger partial charge >= 0.3 is 0 Å². The molecule has 5 heterocycles. The SMILES string of the molecule is Clc1c(Cl)c2c(c(Cl)c1Br)-c1nc-2nc2[nH]c(nc3nc(nc4[nH]c(n1)c1c(Br)c(Cl)c(Cl)c(Cl)c41)-c1c(Cl)c(Br)c(Cl)c(Br)c1-3)c1c(Cl)c(Cl)c(Br)c(Cl)c21. The van der Waals surface area contributed by atoms with Crippen molar-refractivity contribution in [2.75, 3.05) is 0 Å². The molecule has 2 aliphatic heterocycles. The van der Waals surface area contributed by atoms with Gasteiger partial charge in [-0.05, 0) is 79.6 Å². The maximum atomic E-state index is 6.99. The summed E-state index contributed by atoms with van der Waals surface area (Å²) < 4.78 is 1.72. The van der Waals surface area contributed by atoms with E-state index >= 15 is 0 Å². The molecule has 7 aromatic rings. The fourth-order valence-corrected chi connectivity index (χ4v) is 12.0. The molecule has 0 atom stereocenters. The van der Waals surface area contributed by atoms with E-state index in [0.717, 1.165) is 0 Å². The molecule has 0 fully saturated rings. The lowest BCUT2D eigenvalue weighted by molar-refractivity contribution is 1.19. The van der Waals surface area contributed by atoms with Crippen molar-refractivity contribution < 1.29 is 0 Å². The average molecular weight is 1290 g/mol. The summed E-state index contributed by atoms with van der Waals surface area (Å²) in [7, 11) is 0. The summed E-state index contributed by atoms with van der Waals surface area (Å²) in [5.74, 6) is 0.317. The number of aromatic amines is 2. The van der Waals surface area contributed by atoms with Crippen molar-refractivity contribution in [3.05, 3.63) is 77.6 Å². The number of hydrogen-bond donors (Lipinski definition) is 2. The molecule has 9 rings (SSSR count). The first-order chi connectivity index (χ1) is 26.4. The molecular weight excluding hydrogens is 1290 g/mol. The minimum Gasteiger partial charge on any atom is -0.324 e. The maximum absolute atomic E-state index is 6.99. The Balaban J connectivity index is 1.61. The third-order valence-electron chi connectivity index (χ3n) is 8.68. The second-order valence-electron chi connectivity index (χ2n) is 11.6. The lowest BCUT2D eigenvalue weighted by Crippen LogP contribution is -1.89. The van der Waals surface area contributed by atoms with Crippen LogP contribution in [0.4, 0.5) is 0 Å². The Hall–Kier alpha value is -0.170. The van der Waals surface area contributed by atoms with Crippen molar-refractivity contribution in [2.24, 2.45) is 0 Å². The Morgan fingerprint density at radius 1 is 0.268 bits per heavy atom. The summed E-state index contributed by atoms with van der Waals surface area (Å²) in [5, 5.41) is 2.67. The van der Waals surface area contributed by atoms with Gasteiger partial charge < -0.3 is 9.97 Å². The smallest absolute Gasteiger partial charge is 0.166 e. The molecule has 0 aliphatic carbocycles. The zero-order chi connectivity index (χ0) is 40.1. The van der Waals surface area contributed by atoms with E-state index < -0.39 is 0 Å². The number of nitrogens with zero attached hydrogens (tertiary/aromatic N) is 6. The molecular formula is C32H2Br5Cl11N8.